The zero-order valence-electron chi connectivity index (χ0n) is 19.1. The third-order valence-corrected chi connectivity index (χ3v) is 7.10. The summed E-state index contributed by atoms with van der Waals surface area (Å²) in [6.07, 6.45) is 1.65. The van der Waals surface area contributed by atoms with E-state index in [1.54, 1.807) is 18.2 Å². The maximum atomic E-state index is 13.2. The highest BCUT2D eigenvalue weighted by Crippen LogP contribution is 2.44. The first-order chi connectivity index (χ1) is 15.6. The van der Waals surface area contributed by atoms with Crippen molar-refractivity contribution in [3.63, 3.8) is 0 Å². The van der Waals surface area contributed by atoms with Crippen molar-refractivity contribution in [2.75, 3.05) is 7.05 Å². The van der Waals surface area contributed by atoms with E-state index in [9.17, 15) is 20.0 Å². The van der Waals surface area contributed by atoms with Gasteiger partial charge in [-0.3, -0.25) is 14.9 Å². The summed E-state index contributed by atoms with van der Waals surface area (Å²) < 4.78 is 3.89. The van der Waals surface area contributed by atoms with E-state index >= 15 is 0 Å². The second-order valence-electron chi connectivity index (χ2n) is 9.16. The quantitative estimate of drug-likeness (QED) is 0.268. The maximum absolute atomic E-state index is 13.2. The van der Waals surface area contributed by atoms with Gasteiger partial charge in [-0.2, -0.15) is 4.58 Å². The molecule has 1 aromatic heterocycles. The smallest absolute Gasteiger partial charge is 0.270 e. The average Bonchev–Trinajstić information content (AvgIpc) is 3.14. The standard InChI is InChI=1S/C26H23N3O4/c1-14-22(16-8-6-7-9-19(16)27(14)4)23-24(30)17(25(23)31)13-21-26(2,3)18-12-15(29(32)33)10-11-20(18)28(21)5/h6-13H,1-5H3. The highest BCUT2D eigenvalue weighted by molar-refractivity contribution is 6.41. The van der Waals surface area contributed by atoms with Crippen LogP contribution in [-0.2, 0) is 17.3 Å². The van der Waals surface area contributed by atoms with E-state index in [1.807, 2.05) is 68.3 Å². The van der Waals surface area contributed by atoms with E-state index in [2.05, 4.69) is 0 Å². The molecule has 0 bridgehead atoms. The van der Waals surface area contributed by atoms with Crippen LogP contribution in [0.5, 0.6) is 0 Å². The van der Waals surface area contributed by atoms with Crippen molar-refractivity contribution in [2.24, 2.45) is 7.05 Å². The lowest BCUT2D eigenvalue weighted by Gasteiger charge is -2.31. The number of ketones is 1. The molecular weight excluding hydrogens is 418 g/mol. The average molecular weight is 441 g/mol. The number of Topliss-reactive ketones (excluding diaryl/α,β-unsaturated/α-hetero) is 1. The first-order valence-corrected chi connectivity index (χ1v) is 10.7. The molecular formula is C26H23N3O4. The normalized spacial score (nSPS) is 18.3. The Morgan fingerprint density at radius 2 is 1.85 bits per heavy atom. The number of non-ortho nitro benzene ring substituents is 1. The Bertz CT molecular complexity index is 1520. The van der Waals surface area contributed by atoms with Crippen molar-refractivity contribution in [3.05, 3.63) is 86.8 Å². The number of carbonyl (C=O) groups excluding carboxylic acids is 1. The van der Waals surface area contributed by atoms with E-state index in [0.717, 1.165) is 33.6 Å². The first-order valence-electron chi connectivity index (χ1n) is 10.7. The van der Waals surface area contributed by atoms with Crippen molar-refractivity contribution < 1.29 is 19.4 Å². The number of benzene rings is 2. The Hall–Kier alpha value is -4.00. The summed E-state index contributed by atoms with van der Waals surface area (Å²) in [5.41, 5.74) is 4.70. The topological polar surface area (TPSA) is 91.2 Å². The Labute approximate surface area is 190 Å². The Kier molecular flexibility index (Phi) is 4.27. The van der Waals surface area contributed by atoms with Gasteiger partial charge in [0.05, 0.1) is 10.3 Å². The van der Waals surface area contributed by atoms with Crippen LogP contribution in [0.2, 0.25) is 0 Å². The van der Waals surface area contributed by atoms with Crippen molar-refractivity contribution in [3.8, 4) is 0 Å². The number of rotatable bonds is 3. The van der Waals surface area contributed by atoms with Crippen molar-refractivity contribution in [2.45, 2.75) is 26.2 Å². The van der Waals surface area contributed by atoms with Gasteiger partial charge in [-0.25, -0.2) is 0 Å². The van der Waals surface area contributed by atoms with Gasteiger partial charge < -0.3 is 9.67 Å². The number of nitrogens with zero attached hydrogens (tertiary/aromatic N) is 3. The molecule has 0 saturated carbocycles. The molecule has 2 aliphatic rings. The largest absolute Gasteiger partial charge is 0.871 e. The lowest BCUT2D eigenvalue weighted by molar-refractivity contribution is -0.402. The fraction of sp³-hybridized carbons (Fsp3) is 0.231. The van der Waals surface area contributed by atoms with Gasteiger partial charge >= 0.3 is 0 Å². The number of nitro benzene ring substituents is 1. The first kappa shape index (κ1) is 20.9. The highest BCUT2D eigenvalue weighted by Gasteiger charge is 2.45. The summed E-state index contributed by atoms with van der Waals surface area (Å²) in [7, 11) is 3.77. The predicted molar refractivity (Wildman–Crippen MR) is 125 cm³/mol. The van der Waals surface area contributed by atoms with Gasteiger partial charge in [0, 0.05) is 70.2 Å². The SMILES string of the molecule is Cc1c(C2=C([O-])/C(=C/C3=[N+](C)c4ccc([N+](=O)[O-])cc4C3(C)C)C2=O)c2ccccc2n1C. The van der Waals surface area contributed by atoms with Crippen LogP contribution in [0.15, 0.2) is 59.9 Å². The van der Waals surface area contributed by atoms with Gasteiger partial charge in [0.2, 0.25) is 5.69 Å². The van der Waals surface area contributed by atoms with Crippen LogP contribution < -0.4 is 5.11 Å². The molecule has 2 aromatic carbocycles. The van der Waals surface area contributed by atoms with Gasteiger partial charge in [0.15, 0.2) is 11.5 Å². The number of fused-ring (bicyclic) bond motifs is 2. The number of nitro groups is 1. The summed E-state index contributed by atoms with van der Waals surface area (Å²) >= 11 is 0. The number of carbonyl (C=O) groups is 1. The number of aryl methyl sites for hydroxylation is 1. The van der Waals surface area contributed by atoms with E-state index in [1.165, 1.54) is 6.07 Å². The third kappa shape index (κ3) is 2.68. The third-order valence-electron chi connectivity index (χ3n) is 7.10. The zero-order chi connectivity index (χ0) is 23.8. The minimum absolute atomic E-state index is 0.0157. The molecule has 1 aliphatic heterocycles. The van der Waals surface area contributed by atoms with Gasteiger partial charge in [0.1, 0.15) is 7.05 Å². The maximum Gasteiger partial charge on any atom is 0.270 e. The number of hydrogen-bond acceptors (Lipinski definition) is 4. The number of aromatic nitrogens is 1. The fourth-order valence-electron chi connectivity index (χ4n) is 5.14. The van der Waals surface area contributed by atoms with Gasteiger partial charge in [0.25, 0.3) is 5.69 Å². The molecule has 0 amide bonds. The van der Waals surface area contributed by atoms with E-state index in [0.29, 0.717) is 5.56 Å². The molecule has 0 unspecified atom stereocenters. The van der Waals surface area contributed by atoms with E-state index < -0.39 is 10.3 Å². The molecule has 1 aliphatic carbocycles. The summed E-state index contributed by atoms with van der Waals surface area (Å²) in [5.74, 6) is -0.531. The van der Waals surface area contributed by atoms with Crippen LogP contribution >= 0.6 is 0 Å². The molecule has 3 aromatic rings. The minimum atomic E-state index is -0.602. The van der Waals surface area contributed by atoms with Crippen molar-refractivity contribution in [1.82, 2.24) is 4.57 Å². The van der Waals surface area contributed by atoms with Crippen molar-refractivity contribution in [1.29, 1.82) is 0 Å². The molecule has 0 radical (unpaired) electrons. The Morgan fingerprint density at radius 1 is 1.15 bits per heavy atom. The lowest BCUT2D eigenvalue weighted by Crippen LogP contribution is -2.33. The lowest BCUT2D eigenvalue weighted by atomic mass is 9.77. The summed E-state index contributed by atoms with van der Waals surface area (Å²) in [4.78, 5) is 24.1. The molecule has 33 heavy (non-hydrogen) atoms. The molecule has 0 fully saturated rings. The summed E-state index contributed by atoms with van der Waals surface area (Å²) in [6.45, 7) is 5.80. The molecule has 0 saturated heterocycles. The number of para-hydroxylation sites is 1. The second-order valence-corrected chi connectivity index (χ2v) is 9.16. The predicted octanol–water partition coefficient (Wildman–Crippen LogP) is 3.68. The number of hydrogen-bond donors (Lipinski definition) is 0. The molecule has 0 N–H and O–H groups in total. The highest BCUT2D eigenvalue weighted by atomic mass is 16.6. The van der Waals surface area contributed by atoms with Gasteiger partial charge in [-0.15, -0.1) is 0 Å². The molecule has 2 heterocycles. The summed E-state index contributed by atoms with van der Waals surface area (Å²) in [5, 5.41) is 25.4. The molecule has 7 heteroatoms. The molecule has 166 valence electrons. The fourth-order valence-corrected chi connectivity index (χ4v) is 5.14. The number of allylic oxidation sites excluding steroid dienone is 3. The second kappa shape index (κ2) is 6.75. The molecule has 0 atom stereocenters. The van der Waals surface area contributed by atoms with Crippen molar-refractivity contribution >= 4 is 39.3 Å². The Morgan fingerprint density at radius 3 is 2.52 bits per heavy atom. The Balaban J connectivity index is 1.63. The van der Waals surface area contributed by atoms with E-state index in [-0.39, 0.29) is 28.4 Å². The minimum Gasteiger partial charge on any atom is -0.871 e. The van der Waals surface area contributed by atoms with Gasteiger partial charge in [-0.05, 0) is 26.8 Å². The van der Waals surface area contributed by atoms with E-state index in [4.69, 9.17) is 0 Å². The monoisotopic (exact) mass is 441 g/mol. The van der Waals surface area contributed by atoms with Crippen LogP contribution in [0.3, 0.4) is 0 Å². The zero-order valence-corrected chi connectivity index (χ0v) is 19.1. The molecule has 0 spiro atoms. The van der Waals surface area contributed by atoms with Gasteiger partial charge in [-0.1, -0.05) is 24.0 Å². The van der Waals surface area contributed by atoms with Crippen LogP contribution in [-0.4, -0.2) is 32.6 Å². The van der Waals surface area contributed by atoms with Crippen LogP contribution in [0, 0.1) is 17.0 Å². The van der Waals surface area contributed by atoms with Crippen LogP contribution in [0.1, 0.15) is 30.7 Å². The molecule has 5 rings (SSSR count). The van der Waals surface area contributed by atoms with Crippen LogP contribution in [0.4, 0.5) is 11.4 Å². The molecule has 7 nitrogen and oxygen atoms in total. The van der Waals surface area contributed by atoms with Crippen LogP contribution in [0.25, 0.3) is 16.5 Å². The summed E-state index contributed by atoms with van der Waals surface area (Å²) in [6, 6.07) is 12.5.